The first kappa shape index (κ1) is 12.3. The van der Waals surface area contributed by atoms with Gasteiger partial charge in [-0.3, -0.25) is 9.48 Å². The molecule has 0 aliphatic rings. The SMILES string of the molecule is CCn1cc(CC(=O)c2cc(F)ccc2N)cn1. The van der Waals surface area contributed by atoms with Crippen LogP contribution < -0.4 is 5.73 Å². The Labute approximate surface area is 104 Å². The van der Waals surface area contributed by atoms with Crippen LogP contribution in [0.3, 0.4) is 0 Å². The van der Waals surface area contributed by atoms with Crippen LogP contribution in [-0.2, 0) is 13.0 Å². The Bertz CT molecular complexity index is 577. The first-order chi connectivity index (χ1) is 8.60. The van der Waals surface area contributed by atoms with Crippen molar-refractivity contribution >= 4 is 11.5 Å². The predicted octanol–water partition coefficient (Wildman–Crippen LogP) is 2.05. The van der Waals surface area contributed by atoms with Crippen LogP contribution in [0.1, 0.15) is 22.8 Å². The summed E-state index contributed by atoms with van der Waals surface area (Å²) in [7, 11) is 0. The van der Waals surface area contributed by atoms with Crippen molar-refractivity contribution in [1.29, 1.82) is 0 Å². The van der Waals surface area contributed by atoms with Crippen molar-refractivity contribution in [2.24, 2.45) is 0 Å². The van der Waals surface area contributed by atoms with Gasteiger partial charge in [-0.15, -0.1) is 0 Å². The van der Waals surface area contributed by atoms with Gasteiger partial charge in [-0.2, -0.15) is 5.10 Å². The highest BCUT2D eigenvalue weighted by molar-refractivity contribution is 6.01. The van der Waals surface area contributed by atoms with Crippen LogP contribution in [0.5, 0.6) is 0 Å². The van der Waals surface area contributed by atoms with E-state index in [1.165, 1.54) is 18.2 Å². The average molecular weight is 247 g/mol. The molecule has 0 bridgehead atoms. The third-order valence-corrected chi connectivity index (χ3v) is 2.69. The maximum absolute atomic E-state index is 13.1. The molecular weight excluding hydrogens is 233 g/mol. The van der Waals surface area contributed by atoms with Gasteiger partial charge < -0.3 is 5.73 Å². The molecule has 0 aliphatic carbocycles. The summed E-state index contributed by atoms with van der Waals surface area (Å²) in [6.45, 7) is 2.71. The molecule has 18 heavy (non-hydrogen) atoms. The Morgan fingerprint density at radius 1 is 1.50 bits per heavy atom. The minimum atomic E-state index is -0.461. The van der Waals surface area contributed by atoms with E-state index in [1.54, 1.807) is 17.1 Å². The molecule has 1 aromatic carbocycles. The molecule has 0 atom stereocenters. The Hall–Kier alpha value is -2.17. The summed E-state index contributed by atoms with van der Waals surface area (Å²) in [6, 6.07) is 3.81. The number of aromatic nitrogens is 2. The van der Waals surface area contributed by atoms with E-state index in [0.29, 0.717) is 5.69 Å². The van der Waals surface area contributed by atoms with Gasteiger partial charge in [0.25, 0.3) is 0 Å². The fourth-order valence-electron chi connectivity index (χ4n) is 1.72. The fraction of sp³-hybridized carbons (Fsp3) is 0.231. The van der Waals surface area contributed by atoms with E-state index in [-0.39, 0.29) is 17.8 Å². The molecule has 0 aliphatic heterocycles. The third kappa shape index (κ3) is 2.56. The molecular formula is C13H14FN3O. The lowest BCUT2D eigenvalue weighted by Gasteiger charge is -2.03. The number of halogens is 1. The number of nitrogens with two attached hydrogens (primary N) is 1. The lowest BCUT2D eigenvalue weighted by atomic mass is 10.0. The highest BCUT2D eigenvalue weighted by Gasteiger charge is 2.12. The molecule has 0 amide bonds. The maximum atomic E-state index is 13.1. The van der Waals surface area contributed by atoms with Crippen LogP contribution in [0.15, 0.2) is 30.6 Å². The lowest BCUT2D eigenvalue weighted by Crippen LogP contribution is -2.07. The first-order valence-corrected chi connectivity index (χ1v) is 5.69. The number of benzene rings is 1. The molecule has 4 nitrogen and oxygen atoms in total. The normalized spacial score (nSPS) is 10.6. The molecule has 1 aromatic heterocycles. The van der Waals surface area contributed by atoms with Crippen molar-refractivity contribution in [3.63, 3.8) is 0 Å². The molecule has 2 N–H and O–H groups in total. The minimum absolute atomic E-state index is 0.174. The standard InChI is InChI=1S/C13H14FN3O/c1-2-17-8-9(7-16-17)5-13(18)11-6-10(14)3-4-12(11)15/h3-4,6-8H,2,5,15H2,1H3. The van der Waals surface area contributed by atoms with E-state index in [9.17, 15) is 9.18 Å². The summed E-state index contributed by atoms with van der Waals surface area (Å²) in [5.41, 5.74) is 6.98. The second-order valence-electron chi connectivity index (χ2n) is 4.04. The second kappa shape index (κ2) is 5.00. The van der Waals surface area contributed by atoms with Gasteiger partial charge in [0.1, 0.15) is 5.82 Å². The van der Waals surface area contributed by atoms with E-state index in [0.717, 1.165) is 12.1 Å². The topological polar surface area (TPSA) is 60.9 Å². The molecule has 0 saturated carbocycles. The quantitative estimate of drug-likeness (QED) is 0.664. The minimum Gasteiger partial charge on any atom is -0.398 e. The number of carbonyl (C=O) groups excluding carboxylic acids is 1. The lowest BCUT2D eigenvalue weighted by molar-refractivity contribution is 0.0993. The van der Waals surface area contributed by atoms with E-state index in [2.05, 4.69) is 5.10 Å². The monoisotopic (exact) mass is 247 g/mol. The van der Waals surface area contributed by atoms with Crippen molar-refractivity contribution in [2.75, 3.05) is 5.73 Å². The average Bonchev–Trinajstić information content (AvgIpc) is 2.80. The van der Waals surface area contributed by atoms with E-state index in [4.69, 9.17) is 5.73 Å². The molecule has 2 rings (SSSR count). The largest absolute Gasteiger partial charge is 0.398 e. The Kier molecular flexibility index (Phi) is 3.41. The zero-order valence-electron chi connectivity index (χ0n) is 10.1. The van der Waals surface area contributed by atoms with Crippen LogP contribution in [0, 0.1) is 5.82 Å². The van der Waals surface area contributed by atoms with Crippen molar-refractivity contribution in [1.82, 2.24) is 9.78 Å². The van der Waals surface area contributed by atoms with Gasteiger partial charge in [0, 0.05) is 30.4 Å². The van der Waals surface area contributed by atoms with Crippen LogP contribution in [0.25, 0.3) is 0 Å². The van der Waals surface area contributed by atoms with Gasteiger partial charge in [-0.05, 0) is 30.7 Å². The smallest absolute Gasteiger partial charge is 0.169 e. The summed E-state index contributed by atoms with van der Waals surface area (Å²) < 4.78 is 14.8. The number of nitrogens with zero attached hydrogens (tertiary/aromatic N) is 2. The van der Waals surface area contributed by atoms with Crippen molar-refractivity contribution in [3.05, 3.63) is 47.5 Å². The first-order valence-electron chi connectivity index (χ1n) is 5.69. The number of Topliss-reactive ketones (excluding diaryl/α,β-unsaturated/α-hetero) is 1. The number of ketones is 1. The van der Waals surface area contributed by atoms with Gasteiger partial charge in [0.15, 0.2) is 5.78 Å². The van der Waals surface area contributed by atoms with Crippen molar-refractivity contribution in [2.45, 2.75) is 19.9 Å². The number of hydrogen-bond acceptors (Lipinski definition) is 3. The fourth-order valence-corrected chi connectivity index (χ4v) is 1.72. The summed E-state index contributed by atoms with van der Waals surface area (Å²) in [5, 5.41) is 4.08. The highest BCUT2D eigenvalue weighted by Crippen LogP contribution is 2.16. The van der Waals surface area contributed by atoms with Crippen LogP contribution in [0.4, 0.5) is 10.1 Å². The molecule has 0 saturated heterocycles. The van der Waals surface area contributed by atoms with Gasteiger partial charge in [0.2, 0.25) is 0 Å². The number of carbonyl (C=O) groups is 1. The Morgan fingerprint density at radius 3 is 2.94 bits per heavy atom. The Balaban J connectivity index is 2.19. The van der Waals surface area contributed by atoms with Crippen molar-refractivity contribution < 1.29 is 9.18 Å². The zero-order valence-corrected chi connectivity index (χ0v) is 10.1. The highest BCUT2D eigenvalue weighted by atomic mass is 19.1. The van der Waals surface area contributed by atoms with Crippen LogP contribution in [-0.4, -0.2) is 15.6 Å². The summed E-state index contributed by atoms with van der Waals surface area (Å²) in [5.74, 6) is -0.667. The Morgan fingerprint density at radius 2 is 2.28 bits per heavy atom. The summed E-state index contributed by atoms with van der Waals surface area (Å²) in [4.78, 5) is 12.0. The second-order valence-corrected chi connectivity index (χ2v) is 4.04. The van der Waals surface area contributed by atoms with Gasteiger partial charge in [0.05, 0.1) is 6.20 Å². The summed E-state index contributed by atoms with van der Waals surface area (Å²) in [6.07, 6.45) is 3.61. The molecule has 0 spiro atoms. The molecule has 1 heterocycles. The number of nitrogen functional groups attached to an aromatic ring is 1. The van der Waals surface area contributed by atoms with Gasteiger partial charge in [-0.25, -0.2) is 4.39 Å². The molecule has 5 heteroatoms. The van der Waals surface area contributed by atoms with Gasteiger partial charge in [-0.1, -0.05) is 0 Å². The van der Waals surface area contributed by atoms with Gasteiger partial charge >= 0.3 is 0 Å². The predicted molar refractivity (Wildman–Crippen MR) is 66.7 cm³/mol. The molecule has 0 radical (unpaired) electrons. The van der Waals surface area contributed by atoms with Crippen LogP contribution in [0.2, 0.25) is 0 Å². The van der Waals surface area contributed by atoms with E-state index >= 15 is 0 Å². The molecule has 2 aromatic rings. The van der Waals surface area contributed by atoms with E-state index < -0.39 is 5.82 Å². The van der Waals surface area contributed by atoms with Crippen molar-refractivity contribution in [3.8, 4) is 0 Å². The number of hydrogen-bond donors (Lipinski definition) is 1. The third-order valence-electron chi connectivity index (χ3n) is 2.69. The maximum Gasteiger partial charge on any atom is 0.169 e. The van der Waals surface area contributed by atoms with Crippen LogP contribution >= 0.6 is 0 Å². The summed E-state index contributed by atoms with van der Waals surface area (Å²) >= 11 is 0. The molecule has 94 valence electrons. The number of aryl methyl sites for hydroxylation is 1. The molecule has 0 fully saturated rings. The number of rotatable bonds is 4. The van der Waals surface area contributed by atoms with E-state index in [1.807, 2.05) is 6.92 Å². The zero-order chi connectivity index (χ0) is 13.1. The number of anilines is 1. The molecule has 0 unspecified atom stereocenters.